The number of carbonyl (C=O) groups excluding carboxylic acids is 1. The number of rotatable bonds is 4. The van der Waals surface area contributed by atoms with Crippen molar-refractivity contribution in [3.63, 3.8) is 0 Å². The van der Waals surface area contributed by atoms with Crippen LogP contribution in [0, 0.1) is 18.7 Å². The molecule has 0 aromatic heterocycles. The van der Waals surface area contributed by atoms with E-state index in [0.29, 0.717) is 11.6 Å². The SMILES string of the molecule is Cc1c(Cl)cccc1NC(=O)C1CCCN(Cc2ccc(F)cc2)C1. The van der Waals surface area contributed by atoms with Gasteiger partial charge in [-0.1, -0.05) is 29.8 Å². The highest BCUT2D eigenvalue weighted by molar-refractivity contribution is 6.31. The maximum atomic E-state index is 13.0. The van der Waals surface area contributed by atoms with Crippen LogP contribution in [-0.2, 0) is 11.3 Å². The number of hydrogen-bond acceptors (Lipinski definition) is 2. The molecular weight excluding hydrogens is 339 g/mol. The highest BCUT2D eigenvalue weighted by Crippen LogP contribution is 2.25. The van der Waals surface area contributed by atoms with Gasteiger partial charge in [0.05, 0.1) is 5.92 Å². The number of benzene rings is 2. The molecule has 1 heterocycles. The third-order valence-electron chi connectivity index (χ3n) is 4.72. The molecule has 1 aliphatic rings. The summed E-state index contributed by atoms with van der Waals surface area (Å²) in [5.74, 6) is -0.238. The summed E-state index contributed by atoms with van der Waals surface area (Å²) in [6.45, 7) is 4.31. The third-order valence-corrected chi connectivity index (χ3v) is 5.13. The van der Waals surface area contributed by atoms with E-state index in [9.17, 15) is 9.18 Å². The number of nitrogens with one attached hydrogen (secondary N) is 1. The Morgan fingerprint density at radius 2 is 2.04 bits per heavy atom. The zero-order valence-electron chi connectivity index (χ0n) is 14.3. The van der Waals surface area contributed by atoms with Gasteiger partial charge in [0.2, 0.25) is 5.91 Å². The highest BCUT2D eigenvalue weighted by Gasteiger charge is 2.26. The molecule has 1 atom stereocenters. The molecule has 0 bridgehead atoms. The minimum absolute atomic E-state index is 0.0363. The first-order chi connectivity index (χ1) is 12.0. The number of nitrogens with zero attached hydrogens (tertiary/aromatic N) is 1. The quantitative estimate of drug-likeness (QED) is 0.861. The number of halogens is 2. The first-order valence-electron chi connectivity index (χ1n) is 8.55. The van der Waals surface area contributed by atoms with Crippen molar-refractivity contribution in [2.24, 2.45) is 5.92 Å². The van der Waals surface area contributed by atoms with Crippen molar-refractivity contribution in [1.29, 1.82) is 0 Å². The molecule has 0 saturated carbocycles. The van der Waals surface area contributed by atoms with Crippen molar-refractivity contribution in [3.8, 4) is 0 Å². The van der Waals surface area contributed by atoms with Gasteiger partial charge in [0.25, 0.3) is 0 Å². The molecule has 1 saturated heterocycles. The lowest BCUT2D eigenvalue weighted by Gasteiger charge is -2.32. The maximum absolute atomic E-state index is 13.0. The molecule has 0 spiro atoms. The average molecular weight is 361 g/mol. The van der Waals surface area contributed by atoms with E-state index in [4.69, 9.17) is 11.6 Å². The Morgan fingerprint density at radius 3 is 2.80 bits per heavy atom. The van der Waals surface area contributed by atoms with Gasteiger partial charge in [-0.2, -0.15) is 0 Å². The molecule has 1 amide bonds. The van der Waals surface area contributed by atoms with Gasteiger partial charge >= 0.3 is 0 Å². The van der Waals surface area contributed by atoms with Crippen molar-refractivity contribution in [2.75, 3.05) is 18.4 Å². The third kappa shape index (κ3) is 4.59. The molecule has 2 aromatic rings. The Kier molecular flexibility index (Phi) is 5.71. The van der Waals surface area contributed by atoms with Crippen molar-refractivity contribution >= 4 is 23.2 Å². The molecule has 25 heavy (non-hydrogen) atoms. The largest absolute Gasteiger partial charge is 0.326 e. The van der Waals surface area contributed by atoms with Crippen LogP contribution in [0.1, 0.15) is 24.0 Å². The van der Waals surface area contributed by atoms with E-state index < -0.39 is 0 Å². The Balaban J connectivity index is 1.61. The molecule has 1 unspecified atom stereocenters. The summed E-state index contributed by atoms with van der Waals surface area (Å²) in [6, 6.07) is 12.1. The zero-order chi connectivity index (χ0) is 17.8. The molecule has 0 aliphatic carbocycles. The summed E-state index contributed by atoms with van der Waals surface area (Å²) in [7, 11) is 0. The first-order valence-corrected chi connectivity index (χ1v) is 8.93. The number of amides is 1. The van der Waals surface area contributed by atoms with Gasteiger partial charge in [0, 0.05) is 23.8 Å². The Bertz CT molecular complexity index is 748. The molecule has 2 aromatic carbocycles. The second kappa shape index (κ2) is 7.98. The lowest BCUT2D eigenvalue weighted by atomic mass is 9.96. The van der Waals surface area contributed by atoms with Gasteiger partial charge in [0.15, 0.2) is 0 Å². The summed E-state index contributed by atoms with van der Waals surface area (Å²) in [6.07, 6.45) is 1.86. The fraction of sp³-hybridized carbons (Fsp3) is 0.350. The van der Waals surface area contributed by atoms with Crippen molar-refractivity contribution < 1.29 is 9.18 Å². The van der Waals surface area contributed by atoms with Crippen LogP contribution in [-0.4, -0.2) is 23.9 Å². The molecule has 0 radical (unpaired) electrons. The summed E-state index contributed by atoms with van der Waals surface area (Å²) in [4.78, 5) is 14.9. The lowest BCUT2D eigenvalue weighted by molar-refractivity contribution is -0.121. The van der Waals surface area contributed by atoms with E-state index >= 15 is 0 Å². The van der Waals surface area contributed by atoms with E-state index in [2.05, 4.69) is 10.2 Å². The Labute approximate surface area is 152 Å². The van der Waals surface area contributed by atoms with E-state index in [0.717, 1.165) is 42.7 Å². The van der Waals surface area contributed by atoms with Gasteiger partial charge in [-0.25, -0.2) is 4.39 Å². The summed E-state index contributed by atoms with van der Waals surface area (Å²) < 4.78 is 13.0. The van der Waals surface area contributed by atoms with Gasteiger partial charge in [-0.3, -0.25) is 9.69 Å². The minimum Gasteiger partial charge on any atom is -0.326 e. The fourth-order valence-corrected chi connectivity index (χ4v) is 3.41. The van der Waals surface area contributed by atoms with E-state index in [1.807, 2.05) is 25.1 Å². The minimum atomic E-state index is -0.225. The number of piperidine rings is 1. The second-order valence-corrected chi connectivity index (χ2v) is 7.01. The standard InChI is InChI=1S/C20H22ClFN2O/c1-14-18(21)5-2-6-19(14)23-20(25)16-4-3-11-24(13-16)12-15-7-9-17(22)10-8-15/h2,5-10,16H,3-4,11-13H2,1H3,(H,23,25). The van der Waals surface area contributed by atoms with Gasteiger partial charge in [0.1, 0.15) is 5.82 Å². The van der Waals surface area contributed by atoms with Crippen LogP contribution in [0.2, 0.25) is 5.02 Å². The van der Waals surface area contributed by atoms with Crippen LogP contribution >= 0.6 is 11.6 Å². The zero-order valence-corrected chi connectivity index (χ0v) is 15.0. The molecule has 132 valence electrons. The molecule has 1 fully saturated rings. The van der Waals surface area contributed by atoms with Crippen LogP contribution in [0.3, 0.4) is 0 Å². The number of likely N-dealkylation sites (tertiary alicyclic amines) is 1. The molecule has 3 nitrogen and oxygen atoms in total. The van der Waals surface area contributed by atoms with Crippen LogP contribution < -0.4 is 5.32 Å². The van der Waals surface area contributed by atoms with Crippen LogP contribution in [0.15, 0.2) is 42.5 Å². The van der Waals surface area contributed by atoms with Crippen LogP contribution in [0.4, 0.5) is 10.1 Å². The first kappa shape index (κ1) is 17.9. The van der Waals surface area contributed by atoms with Crippen molar-refractivity contribution in [1.82, 2.24) is 4.90 Å². The molecular formula is C20H22ClFN2O. The molecule has 5 heteroatoms. The van der Waals surface area contributed by atoms with Gasteiger partial charge in [-0.15, -0.1) is 0 Å². The summed E-state index contributed by atoms with van der Waals surface area (Å²) in [5.41, 5.74) is 2.72. The smallest absolute Gasteiger partial charge is 0.228 e. The van der Waals surface area contributed by atoms with E-state index in [-0.39, 0.29) is 17.6 Å². The molecule has 1 aliphatic heterocycles. The molecule has 1 N–H and O–H groups in total. The van der Waals surface area contributed by atoms with E-state index in [1.165, 1.54) is 12.1 Å². The van der Waals surface area contributed by atoms with Gasteiger partial charge in [-0.05, 0) is 61.7 Å². The predicted molar refractivity (Wildman–Crippen MR) is 99.2 cm³/mol. The van der Waals surface area contributed by atoms with Crippen LogP contribution in [0.5, 0.6) is 0 Å². The highest BCUT2D eigenvalue weighted by atomic mass is 35.5. The van der Waals surface area contributed by atoms with Crippen molar-refractivity contribution in [3.05, 3.63) is 64.4 Å². The predicted octanol–water partition coefficient (Wildman–Crippen LogP) is 4.64. The fourth-order valence-electron chi connectivity index (χ4n) is 3.24. The number of carbonyl (C=O) groups is 1. The normalized spacial score (nSPS) is 18.1. The number of hydrogen-bond donors (Lipinski definition) is 1. The summed E-state index contributed by atoms with van der Waals surface area (Å²) >= 11 is 6.12. The van der Waals surface area contributed by atoms with E-state index in [1.54, 1.807) is 12.1 Å². The Hall–Kier alpha value is -1.91. The monoisotopic (exact) mass is 360 g/mol. The van der Waals surface area contributed by atoms with Crippen molar-refractivity contribution in [2.45, 2.75) is 26.3 Å². The molecule has 3 rings (SSSR count). The van der Waals surface area contributed by atoms with Crippen LogP contribution in [0.25, 0.3) is 0 Å². The number of anilines is 1. The van der Waals surface area contributed by atoms with Gasteiger partial charge < -0.3 is 5.32 Å². The maximum Gasteiger partial charge on any atom is 0.228 e. The Morgan fingerprint density at radius 1 is 1.28 bits per heavy atom. The average Bonchev–Trinajstić information content (AvgIpc) is 2.61. The topological polar surface area (TPSA) is 32.3 Å². The summed E-state index contributed by atoms with van der Waals surface area (Å²) in [5, 5.41) is 3.67. The second-order valence-electron chi connectivity index (χ2n) is 6.60. The lowest BCUT2D eigenvalue weighted by Crippen LogP contribution is -2.40.